The van der Waals surface area contributed by atoms with Gasteiger partial charge in [-0.3, -0.25) is 0 Å². The van der Waals surface area contributed by atoms with Crippen LogP contribution in [0, 0.1) is 0 Å². The van der Waals surface area contributed by atoms with Crippen LogP contribution in [-0.2, 0) is 0 Å². The monoisotopic (exact) mass is 460 g/mol. The van der Waals surface area contributed by atoms with Crippen LogP contribution in [0.3, 0.4) is 0 Å². The Balaban J connectivity index is 1.19. The van der Waals surface area contributed by atoms with Crippen LogP contribution in [0.15, 0.2) is 97.1 Å². The van der Waals surface area contributed by atoms with E-state index < -0.39 is 6.10 Å². The van der Waals surface area contributed by atoms with E-state index in [4.69, 9.17) is 18.9 Å². The molecule has 0 aliphatic rings. The Morgan fingerprint density at radius 2 is 0.706 bits per heavy atom. The quantitative estimate of drug-likeness (QED) is 0.287. The van der Waals surface area contributed by atoms with Gasteiger partial charge in [0.2, 0.25) is 0 Å². The maximum atomic E-state index is 10.2. The van der Waals surface area contributed by atoms with Crippen molar-refractivity contribution < 1.29 is 34.3 Å². The standard InChI is InChI=1S/C27H24O7/c28-19-1-5-24(6-2-19)33-26-13-9-22(10-14-26)31-17-21(30)18-32-23-11-15-27(16-12-23)34-25-7-3-20(29)4-8-25/h1-16,21,28-30H,17-18H2. The van der Waals surface area contributed by atoms with Gasteiger partial charge in [0.25, 0.3) is 0 Å². The molecule has 0 bridgehead atoms. The molecular formula is C27H24O7. The number of aromatic hydroxyl groups is 2. The number of rotatable bonds is 10. The van der Waals surface area contributed by atoms with Gasteiger partial charge in [-0.1, -0.05) is 0 Å². The first-order valence-corrected chi connectivity index (χ1v) is 10.6. The summed E-state index contributed by atoms with van der Waals surface area (Å²) in [4.78, 5) is 0. The Morgan fingerprint density at radius 3 is 1.03 bits per heavy atom. The first kappa shape index (κ1) is 22.8. The van der Waals surface area contributed by atoms with Crippen molar-refractivity contribution in [1.29, 1.82) is 0 Å². The van der Waals surface area contributed by atoms with E-state index in [2.05, 4.69) is 0 Å². The summed E-state index contributed by atoms with van der Waals surface area (Å²) < 4.78 is 22.6. The zero-order valence-corrected chi connectivity index (χ0v) is 18.2. The fourth-order valence-electron chi connectivity index (χ4n) is 2.94. The molecule has 0 radical (unpaired) electrons. The van der Waals surface area contributed by atoms with E-state index in [-0.39, 0.29) is 24.7 Å². The predicted molar refractivity (Wildman–Crippen MR) is 126 cm³/mol. The molecule has 174 valence electrons. The van der Waals surface area contributed by atoms with Gasteiger partial charge < -0.3 is 34.3 Å². The van der Waals surface area contributed by atoms with Crippen molar-refractivity contribution in [2.45, 2.75) is 6.10 Å². The van der Waals surface area contributed by atoms with E-state index in [0.717, 1.165) is 0 Å². The lowest BCUT2D eigenvalue weighted by atomic mass is 10.3. The van der Waals surface area contributed by atoms with Gasteiger partial charge in [-0.25, -0.2) is 0 Å². The van der Waals surface area contributed by atoms with Gasteiger partial charge in [0.05, 0.1) is 0 Å². The van der Waals surface area contributed by atoms with Crippen molar-refractivity contribution in [3.05, 3.63) is 97.1 Å². The lowest BCUT2D eigenvalue weighted by Gasteiger charge is -2.14. The molecule has 0 saturated heterocycles. The second kappa shape index (κ2) is 11.0. The lowest BCUT2D eigenvalue weighted by Crippen LogP contribution is -2.25. The smallest absolute Gasteiger partial charge is 0.127 e. The number of phenolic OH excluding ortho intramolecular Hbond substituents is 2. The number of hydrogen-bond acceptors (Lipinski definition) is 7. The molecule has 7 heteroatoms. The Bertz CT molecular complexity index is 1060. The van der Waals surface area contributed by atoms with Crippen LogP contribution in [0.5, 0.6) is 46.0 Å². The molecule has 34 heavy (non-hydrogen) atoms. The number of ether oxygens (including phenoxy) is 4. The van der Waals surface area contributed by atoms with Gasteiger partial charge >= 0.3 is 0 Å². The fourth-order valence-corrected chi connectivity index (χ4v) is 2.94. The number of aliphatic hydroxyl groups is 1. The second-order valence-electron chi connectivity index (χ2n) is 7.41. The van der Waals surface area contributed by atoms with Gasteiger partial charge in [-0.05, 0) is 97.1 Å². The maximum absolute atomic E-state index is 10.2. The average molecular weight is 460 g/mol. The third-order valence-corrected chi connectivity index (χ3v) is 4.68. The molecule has 0 atom stereocenters. The van der Waals surface area contributed by atoms with Crippen LogP contribution in [-0.4, -0.2) is 34.6 Å². The summed E-state index contributed by atoms with van der Waals surface area (Å²) in [6.45, 7) is 0.139. The highest BCUT2D eigenvalue weighted by molar-refractivity contribution is 5.38. The Morgan fingerprint density at radius 1 is 0.441 bits per heavy atom. The summed E-state index contributed by atoms with van der Waals surface area (Å²) in [6, 6.07) is 26.9. The van der Waals surface area contributed by atoms with Crippen LogP contribution >= 0.6 is 0 Å². The number of aliphatic hydroxyl groups excluding tert-OH is 1. The SMILES string of the molecule is Oc1ccc(Oc2ccc(OCC(O)COc3ccc(Oc4ccc(O)cc4)cc3)cc2)cc1. The van der Waals surface area contributed by atoms with Gasteiger partial charge in [-0.2, -0.15) is 0 Å². The minimum Gasteiger partial charge on any atom is -0.508 e. The first-order chi connectivity index (χ1) is 16.5. The van der Waals surface area contributed by atoms with E-state index in [1.165, 1.54) is 0 Å². The molecule has 0 aliphatic heterocycles. The van der Waals surface area contributed by atoms with E-state index in [1.807, 2.05) is 0 Å². The average Bonchev–Trinajstić information content (AvgIpc) is 2.86. The van der Waals surface area contributed by atoms with Crippen molar-refractivity contribution in [2.75, 3.05) is 13.2 Å². The predicted octanol–water partition coefficient (Wildman–Crippen LogP) is 5.50. The lowest BCUT2D eigenvalue weighted by molar-refractivity contribution is 0.0626. The highest BCUT2D eigenvalue weighted by Gasteiger charge is 2.08. The molecule has 0 unspecified atom stereocenters. The number of benzene rings is 4. The molecule has 0 saturated carbocycles. The normalized spacial score (nSPS) is 10.6. The largest absolute Gasteiger partial charge is 0.508 e. The van der Waals surface area contributed by atoms with Crippen molar-refractivity contribution >= 4 is 0 Å². The van der Waals surface area contributed by atoms with Crippen LogP contribution < -0.4 is 18.9 Å². The maximum Gasteiger partial charge on any atom is 0.127 e. The van der Waals surface area contributed by atoms with E-state index in [1.54, 1.807) is 97.1 Å². The summed E-state index contributed by atoms with van der Waals surface area (Å²) in [5.74, 6) is 4.00. The van der Waals surface area contributed by atoms with Crippen LogP contribution in [0.1, 0.15) is 0 Å². The van der Waals surface area contributed by atoms with Crippen molar-refractivity contribution in [2.24, 2.45) is 0 Å². The van der Waals surface area contributed by atoms with Crippen LogP contribution in [0.2, 0.25) is 0 Å². The van der Waals surface area contributed by atoms with E-state index in [9.17, 15) is 15.3 Å². The summed E-state index contributed by atoms with van der Waals surface area (Å²) in [5, 5.41) is 28.8. The summed E-state index contributed by atoms with van der Waals surface area (Å²) in [7, 11) is 0. The first-order valence-electron chi connectivity index (χ1n) is 10.6. The number of phenols is 2. The summed E-state index contributed by atoms with van der Waals surface area (Å²) >= 11 is 0. The van der Waals surface area contributed by atoms with E-state index in [0.29, 0.717) is 34.5 Å². The molecule has 4 aromatic rings. The van der Waals surface area contributed by atoms with Gasteiger partial charge in [0, 0.05) is 0 Å². The van der Waals surface area contributed by atoms with E-state index >= 15 is 0 Å². The molecule has 0 amide bonds. The van der Waals surface area contributed by atoms with Crippen molar-refractivity contribution in [1.82, 2.24) is 0 Å². The van der Waals surface area contributed by atoms with Crippen molar-refractivity contribution in [3.8, 4) is 46.0 Å². The zero-order valence-electron chi connectivity index (χ0n) is 18.2. The minimum atomic E-state index is -0.819. The molecular weight excluding hydrogens is 436 g/mol. The molecule has 3 N–H and O–H groups in total. The van der Waals surface area contributed by atoms with Gasteiger partial charge in [0.1, 0.15) is 65.3 Å². The fraction of sp³-hybridized carbons (Fsp3) is 0.111. The Hall–Kier alpha value is -4.36. The molecule has 4 rings (SSSR count). The van der Waals surface area contributed by atoms with Crippen LogP contribution in [0.25, 0.3) is 0 Å². The minimum absolute atomic E-state index is 0.0697. The molecule has 0 fully saturated rings. The highest BCUT2D eigenvalue weighted by atomic mass is 16.5. The van der Waals surface area contributed by atoms with Gasteiger partial charge in [0.15, 0.2) is 0 Å². The number of hydrogen-bond donors (Lipinski definition) is 3. The Kier molecular flexibility index (Phi) is 7.37. The molecule has 4 aromatic carbocycles. The third kappa shape index (κ3) is 6.82. The van der Waals surface area contributed by atoms with Gasteiger partial charge in [-0.15, -0.1) is 0 Å². The Labute approximate surface area is 197 Å². The summed E-state index contributed by atoms with van der Waals surface area (Å²) in [6.07, 6.45) is -0.819. The second-order valence-corrected chi connectivity index (χ2v) is 7.41. The topological polar surface area (TPSA) is 97.6 Å². The molecule has 7 nitrogen and oxygen atoms in total. The highest BCUT2D eigenvalue weighted by Crippen LogP contribution is 2.26. The molecule has 0 heterocycles. The zero-order chi connectivity index (χ0) is 23.8. The molecule has 0 spiro atoms. The van der Waals surface area contributed by atoms with Crippen LogP contribution in [0.4, 0.5) is 0 Å². The third-order valence-electron chi connectivity index (χ3n) is 4.68. The molecule has 0 aliphatic carbocycles. The molecule has 0 aromatic heterocycles. The summed E-state index contributed by atoms with van der Waals surface area (Å²) in [5.41, 5.74) is 0. The van der Waals surface area contributed by atoms with Crippen molar-refractivity contribution in [3.63, 3.8) is 0 Å².